The van der Waals surface area contributed by atoms with Crippen LogP contribution >= 0.6 is 0 Å². The fourth-order valence-electron chi connectivity index (χ4n) is 1.18. The van der Waals surface area contributed by atoms with Crippen LogP contribution in [0.1, 0.15) is 24.1 Å². The first-order chi connectivity index (χ1) is 5.65. The second-order valence-electron chi connectivity index (χ2n) is 3.02. The van der Waals surface area contributed by atoms with Crippen molar-refractivity contribution in [3.8, 4) is 5.75 Å². The Hall–Kier alpha value is -1.02. The molecule has 2 heteroatoms. The maximum absolute atomic E-state index is 5.73. The molecule has 0 amide bonds. The van der Waals surface area contributed by atoms with Crippen LogP contribution in [-0.4, -0.2) is 7.11 Å². The molecule has 2 nitrogen and oxygen atoms in total. The molecule has 0 fully saturated rings. The number of aryl methyl sites for hydroxylation is 1. The van der Waals surface area contributed by atoms with Gasteiger partial charge in [-0.25, -0.2) is 0 Å². The van der Waals surface area contributed by atoms with Crippen molar-refractivity contribution < 1.29 is 4.74 Å². The molecule has 0 saturated heterocycles. The Bertz CT molecular complexity index is 269. The third-order valence-corrected chi connectivity index (χ3v) is 1.94. The maximum Gasteiger partial charge on any atom is 0.121 e. The number of hydrogen-bond donors (Lipinski definition) is 1. The molecule has 66 valence electrons. The molecule has 1 atom stereocenters. The molecule has 0 aliphatic carbocycles. The van der Waals surface area contributed by atoms with E-state index in [-0.39, 0.29) is 6.04 Å². The topological polar surface area (TPSA) is 35.2 Å². The Kier molecular flexibility index (Phi) is 2.71. The van der Waals surface area contributed by atoms with Gasteiger partial charge in [-0.3, -0.25) is 0 Å². The first kappa shape index (κ1) is 9.07. The van der Waals surface area contributed by atoms with Gasteiger partial charge in [-0.05, 0) is 31.0 Å². The lowest BCUT2D eigenvalue weighted by Gasteiger charge is -2.09. The molecule has 0 aliphatic rings. The van der Waals surface area contributed by atoms with Gasteiger partial charge in [0.1, 0.15) is 5.75 Å². The van der Waals surface area contributed by atoms with Crippen LogP contribution in [0, 0.1) is 6.92 Å². The van der Waals surface area contributed by atoms with Gasteiger partial charge in [0.05, 0.1) is 7.11 Å². The van der Waals surface area contributed by atoms with Gasteiger partial charge in [0.2, 0.25) is 0 Å². The predicted molar refractivity (Wildman–Crippen MR) is 50.3 cm³/mol. The van der Waals surface area contributed by atoms with Crippen molar-refractivity contribution in [1.82, 2.24) is 0 Å². The van der Waals surface area contributed by atoms with Crippen molar-refractivity contribution in [3.63, 3.8) is 0 Å². The molecule has 0 bridgehead atoms. The molecule has 0 aromatic heterocycles. The normalized spacial score (nSPS) is 12.7. The molecule has 2 N–H and O–H groups in total. The van der Waals surface area contributed by atoms with E-state index in [2.05, 4.69) is 6.07 Å². The van der Waals surface area contributed by atoms with Crippen LogP contribution in [0.15, 0.2) is 18.2 Å². The number of methoxy groups -OCH3 is 1. The van der Waals surface area contributed by atoms with Crippen LogP contribution in [0.3, 0.4) is 0 Å². The standard InChI is InChI=1S/C10H15NO/c1-7-6-9(8(2)11)4-5-10(7)12-3/h4-6,8H,11H2,1-3H3/t8-/m1/s1. The summed E-state index contributed by atoms with van der Waals surface area (Å²) in [6, 6.07) is 6.10. The molecule has 0 saturated carbocycles. The summed E-state index contributed by atoms with van der Waals surface area (Å²) in [5.74, 6) is 0.916. The van der Waals surface area contributed by atoms with Gasteiger partial charge in [0, 0.05) is 6.04 Å². The van der Waals surface area contributed by atoms with Crippen molar-refractivity contribution in [2.45, 2.75) is 19.9 Å². The first-order valence-corrected chi connectivity index (χ1v) is 4.05. The second-order valence-corrected chi connectivity index (χ2v) is 3.02. The molecule has 1 rings (SSSR count). The van der Waals surface area contributed by atoms with E-state index in [1.165, 1.54) is 0 Å². The van der Waals surface area contributed by atoms with Crippen molar-refractivity contribution in [2.75, 3.05) is 7.11 Å². The highest BCUT2D eigenvalue weighted by Crippen LogP contribution is 2.20. The third kappa shape index (κ3) is 1.77. The number of ether oxygens (including phenoxy) is 1. The van der Waals surface area contributed by atoms with Gasteiger partial charge in [0.25, 0.3) is 0 Å². The average molecular weight is 165 g/mol. The highest BCUT2D eigenvalue weighted by molar-refractivity contribution is 5.37. The minimum atomic E-state index is 0.0922. The number of nitrogens with two attached hydrogens (primary N) is 1. The molecular formula is C10H15NO. The van der Waals surface area contributed by atoms with E-state index in [9.17, 15) is 0 Å². The lowest BCUT2D eigenvalue weighted by Crippen LogP contribution is -2.05. The third-order valence-electron chi connectivity index (χ3n) is 1.94. The van der Waals surface area contributed by atoms with E-state index in [0.717, 1.165) is 16.9 Å². The van der Waals surface area contributed by atoms with Gasteiger partial charge in [-0.15, -0.1) is 0 Å². The zero-order valence-electron chi connectivity index (χ0n) is 7.79. The Balaban J connectivity index is 3.02. The summed E-state index contributed by atoms with van der Waals surface area (Å²) in [4.78, 5) is 0. The Labute approximate surface area is 73.3 Å². The van der Waals surface area contributed by atoms with E-state index in [4.69, 9.17) is 10.5 Å². The fourth-order valence-corrected chi connectivity index (χ4v) is 1.18. The van der Waals surface area contributed by atoms with Crippen molar-refractivity contribution in [3.05, 3.63) is 29.3 Å². The zero-order valence-corrected chi connectivity index (χ0v) is 7.79. The van der Waals surface area contributed by atoms with Crippen LogP contribution < -0.4 is 10.5 Å². The minimum absolute atomic E-state index is 0.0922. The second kappa shape index (κ2) is 3.59. The van der Waals surface area contributed by atoms with E-state index in [0.29, 0.717) is 0 Å². The summed E-state index contributed by atoms with van der Waals surface area (Å²) in [6.45, 7) is 3.99. The lowest BCUT2D eigenvalue weighted by molar-refractivity contribution is 0.411. The van der Waals surface area contributed by atoms with Crippen LogP contribution in [0.5, 0.6) is 5.75 Å². The molecule has 1 aromatic rings. The van der Waals surface area contributed by atoms with E-state index in [1.54, 1.807) is 7.11 Å². The van der Waals surface area contributed by atoms with Crippen LogP contribution in [0.4, 0.5) is 0 Å². The molecule has 0 aliphatic heterocycles. The molecule has 12 heavy (non-hydrogen) atoms. The summed E-state index contributed by atoms with van der Waals surface area (Å²) in [5, 5.41) is 0. The number of benzene rings is 1. The molecule has 1 aromatic carbocycles. The van der Waals surface area contributed by atoms with Gasteiger partial charge in [-0.2, -0.15) is 0 Å². The fraction of sp³-hybridized carbons (Fsp3) is 0.400. The van der Waals surface area contributed by atoms with Crippen LogP contribution in [-0.2, 0) is 0 Å². The van der Waals surface area contributed by atoms with E-state index >= 15 is 0 Å². The molecular weight excluding hydrogens is 150 g/mol. The van der Waals surface area contributed by atoms with Crippen LogP contribution in [0.25, 0.3) is 0 Å². The smallest absolute Gasteiger partial charge is 0.121 e. The largest absolute Gasteiger partial charge is 0.496 e. The minimum Gasteiger partial charge on any atom is -0.496 e. The molecule has 0 unspecified atom stereocenters. The maximum atomic E-state index is 5.73. The van der Waals surface area contributed by atoms with Gasteiger partial charge >= 0.3 is 0 Å². The molecule has 0 heterocycles. The summed E-state index contributed by atoms with van der Waals surface area (Å²) >= 11 is 0. The van der Waals surface area contributed by atoms with E-state index in [1.807, 2.05) is 26.0 Å². The van der Waals surface area contributed by atoms with Gasteiger partial charge in [0.15, 0.2) is 0 Å². The average Bonchev–Trinajstić information content (AvgIpc) is 2.04. The van der Waals surface area contributed by atoms with Gasteiger partial charge < -0.3 is 10.5 Å². The predicted octanol–water partition coefficient (Wildman–Crippen LogP) is 2.02. The lowest BCUT2D eigenvalue weighted by atomic mass is 10.1. The Morgan fingerprint density at radius 3 is 2.50 bits per heavy atom. The summed E-state index contributed by atoms with van der Waals surface area (Å²) < 4.78 is 5.14. The molecule has 0 radical (unpaired) electrons. The van der Waals surface area contributed by atoms with Crippen molar-refractivity contribution >= 4 is 0 Å². The monoisotopic (exact) mass is 165 g/mol. The van der Waals surface area contributed by atoms with E-state index < -0.39 is 0 Å². The first-order valence-electron chi connectivity index (χ1n) is 4.05. The Morgan fingerprint density at radius 2 is 2.08 bits per heavy atom. The summed E-state index contributed by atoms with van der Waals surface area (Å²) in [5.41, 5.74) is 8.01. The summed E-state index contributed by atoms with van der Waals surface area (Å²) in [6.07, 6.45) is 0. The highest BCUT2D eigenvalue weighted by Gasteiger charge is 2.02. The zero-order chi connectivity index (χ0) is 9.14. The number of hydrogen-bond acceptors (Lipinski definition) is 2. The SMILES string of the molecule is COc1ccc([C@@H](C)N)cc1C. The highest BCUT2D eigenvalue weighted by atomic mass is 16.5. The van der Waals surface area contributed by atoms with Crippen molar-refractivity contribution in [2.24, 2.45) is 5.73 Å². The van der Waals surface area contributed by atoms with Crippen LogP contribution in [0.2, 0.25) is 0 Å². The summed E-state index contributed by atoms with van der Waals surface area (Å²) in [7, 11) is 1.67. The quantitative estimate of drug-likeness (QED) is 0.727. The van der Waals surface area contributed by atoms with Gasteiger partial charge in [-0.1, -0.05) is 12.1 Å². The number of rotatable bonds is 2. The molecule has 0 spiro atoms. The Morgan fingerprint density at radius 1 is 1.42 bits per heavy atom. The van der Waals surface area contributed by atoms with Crippen molar-refractivity contribution in [1.29, 1.82) is 0 Å².